The molecule has 2 rings (SSSR count). The van der Waals surface area contributed by atoms with Crippen molar-refractivity contribution in [1.82, 2.24) is 9.97 Å². The Bertz CT molecular complexity index is 718. The van der Waals surface area contributed by atoms with E-state index in [1.54, 1.807) is 27.7 Å². The maximum absolute atomic E-state index is 11.8. The van der Waals surface area contributed by atoms with Crippen LogP contribution >= 0.6 is 22.7 Å². The maximum atomic E-state index is 11.8. The number of thiazole rings is 2. The SMILES string of the molecule is CCOC(=O)c1sc(/N=N/c2nc(C)c(C(=O)OCC)s2)nc1C. The van der Waals surface area contributed by atoms with Gasteiger partial charge in [-0.15, -0.1) is 10.2 Å². The Morgan fingerprint density at radius 2 is 1.25 bits per heavy atom. The standard InChI is InChI=1S/C14H16N4O4S2/c1-5-21-11(19)9-7(3)15-13(23-9)17-18-14-16-8(4)10(24-14)12(20)22-6-2/h5-6H2,1-4H3/b18-17+. The first kappa shape index (κ1) is 18.1. The van der Waals surface area contributed by atoms with Crippen molar-refractivity contribution in [3.8, 4) is 0 Å². The molecule has 0 aromatic carbocycles. The summed E-state index contributed by atoms with van der Waals surface area (Å²) < 4.78 is 9.90. The molecule has 10 heteroatoms. The molecule has 24 heavy (non-hydrogen) atoms. The van der Waals surface area contributed by atoms with Crippen molar-refractivity contribution in [2.75, 3.05) is 13.2 Å². The molecule has 2 aromatic rings. The van der Waals surface area contributed by atoms with E-state index in [0.717, 1.165) is 22.7 Å². The lowest BCUT2D eigenvalue weighted by atomic mass is 10.4. The van der Waals surface area contributed by atoms with E-state index in [0.29, 0.717) is 44.6 Å². The van der Waals surface area contributed by atoms with Crippen LogP contribution in [0, 0.1) is 13.8 Å². The molecule has 0 N–H and O–H groups in total. The van der Waals surface area contributed by atoms with Crippen LogP contribution in [0.3, 0.4) is 0 Å². The number of ether oxygens (including phenoxy) is 2. The number of carbonyl (C=O) groups excluding carboxylic acids is 2. The minimum absolute atomic E-state index is 0.294. The normalized spacial score (nSPS) is 11.0. The third-order valence-electron chi connectivity index (χ3n) is 2.71. The van der Waals surface area contributed by atoms with Crippen LogP contribution < -0.4 is 0 Å². The third-order valence-corrected chi connectivity index (χ3v) is 4.76. The van der Waals surface area contributed by atoms with Crippen molar-refractivity contribution < 1.29 is 19.1 Å². The summed E-state index contributed by atoms with van der Waals surface area (Å²) in [5, 5.41) is 8.60. The summed E-state index contributed by atoms with van der Waals surface area (Å²) in [6.45, 7) is 7.47. The van der Waals surface area contributed by atoms with Crippen LogP contribution in [0.5, 0.6) is 0 Å². The second-order valence-electron chi connectivity index (χ2n) is 4.46. The Kier molecular flexibility index (Phi) is 6.10. The predicted octanol–water partition coefficient (Wildman–Crippen LogP) is 3.99. The van der Waals surface area contributed by atoms with Crippen molar-refractivity contribution in [3.05, 3.63) is 21.1 Å². The lowest BCUT2D eigenvalue weighted by Gasteiger charge is -1.97. The average molecular weight is 368 g/mol. The lowest BCUT2D eigenvalue weighted by Crippen LogP contribution is -2.03. The number of rotatable bonds is 6. The first-order chi connectivity index (χ1) is 11.5. The molecule has 8 nitrogen and oxygen atoms in total. The van der Waals surface area contributed by atoms with Crippen LogP contribution in [0.25, 0.3) is 0 Å². The fourth-order valence-corrected chi connectivity index (χ4v) is 3.27. The van der Waals surface area contributed by atoms with Crippen LogP contribution in [0.2, 0.25) is 0 Å². The molecule has 0 spiro atoms. The van der Waals surface area contributed by atoms with Gasteiger partial charge in [0.15, 0.2) is 0 Å². The van der Waals surface area contributed by atoms with E-state index >= 15 is 0 Å². The van der Waals surface area contributed by atoms with Crippen molar-refractivity contribution in [2.45, 2.75) is 27.7 Å². The van der Waals surface area contributed by atoms with Gasteiger partial charge in [-0.2, -0.15) is 0 Å². The van der Waals surface area contributed by atoms with Gasteiger partial charge in [0.25, 0.3) is 0 Å². The molecule has 0 radical (unpaired) electrons. The molecule has 128 valence electrons. The van der Waals surface area contributed by atoms with Crippen molar-refractivity contribution in [2.24, 2.45) is 10.2 Å². The number of esters is 2. The van der Waals surface area contributed by atoms with Gasteiger partial charge >= 0.3 is 11.9 Å². The van der Waals surface area contributed by atoms with Crippen molar-refractivity contribution in [1.29, 1.82) is 0 Å². The summed E-state index contributed by atoms with van der Waals surface area (Å²) in [4.78, 5) is 32.6. The molecule has 0 aliphatic rings. The largest absolute Gasteiger partial charge is 0.462 e. The monoisotopic (exact) mass is 368 g/mol. The van der Waals surface area contributed by atoms with Crippen molar-refractivity contribution >= 4 is 44.9 Å². The number of hydrogen-bond donors (Lipinski definition) is 0. The summed E-state index contributed by atoms with van der Waals surface area (Å²) >= 11 is 2.18. The molecule has 0 unspecified atom stereocenters. The van der Waals surface area contributed by atoms with Gasteiger partial charge in [0.1, 0.15) is 9.75 Å². The fraction of sp³-hybridized carbons (Fsp3) is 0.429. The highest BCUT2D eigenvalue weighted by Crippen LogP contribution is 2.30. The van der Waals surface area contributed by atoms with Gasteiger partial charge in [-0.25, -0.2) is 19.6 Å². The Morgan fingerprint density at radius 3 is 1.58 bits per heavy atom. The highest BCUT2D eigenvalue weighted by Gasteiger charge is 2.18. The van der Waals surface area contributed by atoms with Crippen molar-refractivity contribution in [3.63, 3.8) is 0 Å². The lowest BCUT2D eigenvalue weighted by molar-refractivity contribution is 0.0521. The van der Waals surface area contributed by atoms with Gasteiger partial charge in [-0.3, -0.25) is 0 Å². The Balaban J connectivity index is 2.17. The first-order valence-electron chi connectivity index (χ1n) is 7.17. The molecule has 0 atom stereocenters. The van der Waals surface area contributed by atoms with E-state index in [-0.39, 0.29) is 0 Å². The smallest absolute Gasteiger partial charge is 0.350 e. The first-order valence-corrected chi connectivity index (χ1v) is 8.80. The van der Waals surface area contributed by atoms with Gasteiger partial charge in [-0.1, -0.05) is 22.7 Å². The van der Waals surface area contributed by atoms with Crippen LogP contribution in [-0.2, 0) is 9.47 Å². The summed E-state index contributed by atoms with van der Waals surface area (Å²) in [6.07, 6.45) is 0. The zero-order valence-electron chi connectivity index (χ0n) is 13.7. The Hall–Kier alpha value is -2.20. The minimum atomic E-state index is -0.427. The second kappa shape index (κ2) is 8.06. The molecule has 0 saturated carbocycles. The molecule has 2 heterocycles. The number of hydrogen-bond acceptors (Lipinski definition) is 10. The molecule has 0 aliphatic carbocycles. The van der Waals surface area contributed by atoms with Crippen LogP contribution in [-0.4, -0.2) is 35.1 Å². The Labute approximate surface area is 146 Å². The van der Waals surface area contributed by atoms with Crippen LogP contribution in [0.1, 0.15) is 44.6 Å². The van der Waals surface area contributed by atoms with Gasteiger partial charge in [-0.05, 0) is 27.7 Å². The van der Waals surface area contributed by atoms with E-state index in [2.05, 4.69) is 20.2 Å². The molecular weight excluding hydrogens is 352 g/mol. The zero-order valence-corrected chi connectivity index (χ0v) is 15.3. The number of aromatic nitrogens is 2. The number of aryl methyl sites for hydroxylation is 2. The number of nitrogens with zero attached hydrogens (tertiary/aromatic N) is 4. The summed E-state index contributed by atoms with van der Waals surface area (Å²) in [6, 6.07) is 0. The highest BCUT2D eigenvalue weighted by molar-refractivity contribution is 7.17. The van der Waals surface area contributed by atoms with Gasteiger partial charge in [0.2, 0.25) is 10.3 Å². The quantitative estimate of drug-likeness (QED) is 0.564. The van der Waals surface area contributed by atoms with Crippen LogP contribution in [0.15, 0.2) is 10.2 Å². The summed E-state index contributed by atoms with van der Waals surface area (Å²) in [7, 11) is 0. The molecule has 0 fully saturated rings. The number of carbonyl (C=O) groups is 2. The maximum Gasteiger partial charge on any atom is 0.350 e. The van der Waals surface area contributed by atoms with E-state index < -0.39 is 11.9 Å². The molecule has 0 saturated heterocycles. The topological polar surface area (TPSA) is 103 Å². The van der Waals surface area contributed by atoms with Gasteiger partial charge in [0, 0.05) is 0 Å². The fourth-order valence-electron chi connectivity index (χ4n) is 1.71. The van der Waals surface area contributed by atoms with E-state index in [4.69, 9.17) is 9.47 Å². The minimum Gasteiger partial charge on any atom is -0.462 e. The summed E-state index contributed by atoms with van der Waals surface area (Å²) in [5.41, 5.74) is 1.07. The average Bonchev–Trinajstić information content (AvgIpc) is 3.08. The van der Waals surface area contributed by atoms with E-state index in [9.17, 15) is 9.59 Å². The van der Waals surface area contributed by atoms with E-state index in [1.165, 1.54) is 0 Å². The summed E-state index contributed by atoms with van der Waals surface area (Å²) in [5.74, 6) is -0.854. The van der Waals surface area contributed by atoms with E-state index in [1.807, 2.05) is 0 Å². The van der Waals surface area contributed by atoms with Gasteiger partial charge < -0.3 is 9.47 Å². The predicted molar refractivity (Wildman–Crippen MR) is 89.8 cm³/mol. The third kappa shape index (κ3) is 4.20. The van der Waals surface area contributed by atoms with Gasteiger partial charge in [0.05, 0.1) is 24.6 Å². The zero-order chi connectivity index (χ0) is 17.7. The van der Waals surface area contributed by atoms with Crippen LogP contribution in [0.4, 0.5) is 10.3 Å². The molecule has 0 bridgehead atoms. The second-order valence-corrected chi connectivity index (χ2v) is 6.42. The molecular formula is C14H16N4O4S2. The Morgan fingerprint density at radius 1 is 0.875 bits per heavy atom. The molecule has 2 aromatic heterocycles. The molecule has 0 aliphatic heterocycles. The number of azo groups is 1. The highest BCUT2D eigenvalue weighted by atomic mass is 32.1. The molecule has 0 amide bonds.